The lowest BCUT2D eigenvalue weighted by Crippen LogP contribution is -2.49. The van der Waals surface area contributed by atoms with Gasteiger partial charge < -0.3 is 10.8 Å². The van der Waals surface area contributed by atoms with Crippen molar-refractivity contribution in [1.82, 2.24) is 4.72 Å². The first-order chi connectivity index (χ1) is 10.2. The van der Waals surface area contributed by atoms with Crippen LogP contribution in [0, 0.1) is 5.92 Å². The molecule has 0 radical (unpaired) electrons. The van der Waals surface area contributed by atoms with Crippen LogP contribution < -0.4 is 10.5 Å². The molecule has 2 atom stereocenters. The van der Waals surface area contributed by atoms with E-state index in [0.29, 0.717) is 19.3 Å². The summed E-state index contributed by atoms with van der Waals surface area (Å²) in [7, 11) is -3.57. The highest BCUT2D eigenvalue weighted by Gasteiger charge is 2.58. The molecular formula is C12H17F3N2O5S. The predicted octanol–water partition coefficient (Wildman–Crippen LogP) is 0.522. The third kappa shape index (κ3) is 4.22. The second-order valence-electron chi connectivity index (χ2n) is 5.77. The Kier molecular flexibility index (Phi) is 4.88. The second-order valence-corrected chi connectivity index (χ2v) is 7.97. The zero-order valence-corrected chi connectivity index (χ0v) is 13.0. The quantitative estimate of drug-likeness (QED) is 0.629. The first kappa shape index (κ1) is 19.4. The number of hydrogen-bond acceptors (Lipinski definition) is 5. The van der Waals surface area contributed by atoms with Crippen LogP contribution >= 0.6 is 0 Å². The van der Waals surface area contributed by atoms with E-state index in [9.17, 15) is 26.4 Å². The average molecular weight is 358 g/mol. The zero-order chi connectivity index (χ0) is 18.3. The van der Waals surface area contributed by atoms with Gasteiger partial charge in [0.05, 0.1) is 4.75 Å². The van der Waals surface area contributed by atoms with Crippen LogP contribution in [0.5, 0.6) is 0 Å². The maximum atomic E-state index is 11.8. The van der Waals surface area contributed by atoms with E-state index in [-0.39, 0.29) is 5.92 Å². The minimum absolute atomic E-state index is 0.116. The topological polar surface area (TPSA) is 127 Å². The maximum absolute atomic E-state index is 11.8. The van der Waals surface area contributed by atoms with Gasteiger partial charge in [-0.3, -0.25) is 9.52 Å². The summed E-state index contributed by atoms with van der Waals surface area (Å²) in [6.45, 7) is 5.18. The Morgan fingerprint density at radius 2 is 1.83 bits per heavy atom. The third-order valence-corrected chi connectivity index (χ3v) is 6.00. The maximum Gasteiger partial charge on any atom is 0.490 e. The monoisotopic (exact) mass is 358 g/mol. The molecule has 0 aliphatic heterocycles. The summed E-state index contributed by atoms with van der Waals surface area (Å²) in [5.74, 6) is -3.48. The predicted molar refractivity (Wildman–Crippen MR) is 73.6 cm³/mol. The standard InChI is InChI=1S/C10H16N2O3S.C2HF3O2/c1-3-7-6-10(7,11)8(13)12-16(14,15)9(2)4-5-9;3-2(4,5)1(6)7/h3,7H,1,4-6,11H2,2H3,(H,12,13);(H,6,7)/t7-,10-;/m1./s1. The van der Waals surface area contributed by atoms with Gasteiger partial charge in [-0.15, -0.1) is 6.58 Å². The molecule has 2 fully saturated rings. The van der Waals surface area contributed by atoms with Crippen LogP contribution in [0.4, 0.5) is 13.2 Å². The molecule has 23 heavy (non-hydrogen) atoms. The molecule has 4 N–H and O–H groups in total. The number of alkyl halides is 3. The molecule has 0 spiro atoms. The minimum atomic E-state index is -5.08. The van der Waals surface area contributed by atoms with Gasteiger partial charge in [0, 0.05) is 5.92 Å². The number of carboxylic acid groups (broad SMARTS) is 1. The van der Waals surface area contributed by atoms with E-state index in [1.165, 1.54) is 0 Å². The van der Waals surface area contributed by atoms with E-state index in [0.717, 1.165) is 0 Å². The summed E-state index contributed by atoms with van der Waals surface area (Å²) in [6, 6.07) is 0. The molecule has 0 bridgehead atoms. The van der Waals surface area contributed by atoms with E-state index in [4.69, 9.17) is 15.6 Å². The molecule has 2 saturated carbocycles. The largest absolute Gasteiger partial charge is 0.490 e. The Labute approximate surface area is 130 Å². The summed E-state index contributed by atoms with van der Waals surface area (Å²) in [4.78, 5) is 20.6. The fourth-order valence-corrected chi connectivity index (χ4v) is 2.96. The number of carboxylic acids is 1. The molecule has 132 valence electrons. The van der Waals surface area contributed by atoms with Crippen LogP contribution in [0.3, 0.4) is 0 Å². The van der Waals surface area contributed by atoms with Crippen LogP contribution in [0.2, 0.25) is 0 Å². The van der Waals surface area contributed by atoms with Crippen molar-refractivity contribution in [1.29, 1.82) is 0 Å². The number of carbonyl (C=O) groups is 2. The lowest BCUT2D eigenvalue weighted by atomic mass is 10.2. The van der Waals surface area contributed by atoms with Gasteiger partial charge in [-0.25, -0.2) is 13.2 Å². The summed E-state index contributed by atoms with van der Waals surface area (Å²) in [5.41, 5.74) is 4.70. The minimum Gasteiger partial charge on any atom is -0.475 e. The van der Waals surface area contributed by atoms with Crippen molar-refractivity contribution in [2.45, 2.75) is 42.6 Å². The molecular weight excluding hydrogens is 341 g/mol. The highest BCUT2D eigenvalue weighted by Crippen LogP contribution is 2.45. The van der Waals surface area contributed by atoms with Gasteiger partial charge in [0.2, 0.25) is 10.0 Å². The Morgan fingerprint density at radius 1 is 1.39 bits per heavy atom. The Balaban J connectivity index is 0.000000322. The van der Waals surface area contributed by atoms with Crippen LogP contribution in [-0.2, 0) is 19.6 Å². The second kappa shape index (κ2) is 5.78. The number of rotatable bonds is 4. The number of aliphatic carboxylic acids is 1. The highest BCUT2D eigenvalue weighted by molar-refractivity contribution is 7.91. The summed E-state index contributed by atoms with van der Waals surface area (Å²) in [6.07, 6.45) is -1.84. The molecule has 0 unspecified atom stereocenters. The normalized spacial score (nSPS) is 28.0. The van der Waals surface area contributed by atoms with E-state index in [1.807, 2.05) is 0 Å². The molecule has 2 aliphatic rings. The molecule has 0 aromatic carbocycles. The van der Waals surface area contributed by atoms with E-state index >= 15 is 0 Å². The molecule has 0 heterocycles. The van der Waals surface area contributed by atoms with Gasteiger partial charge >= 0.3 is 12.1 Å². The van der Waals surface area contributed by atoms with Crippen LogP contribution in [0.15, 0.2) is 12.7 Å². The van der Waals surface area contributed by atoms with E-state index in [1.54, 1.807) is 13.0 Å². The Bertz CT molecular complexity index is 627. The highest BCUT2D eigenvalue weighted by atomic mass is 32.2. The first-order valence-corrected chi connectivity index (χ1v) is 7.96. The van der Waals surface area contributed by atoms with Gasteiger partial charge in [0.15, 0.2) is 0 Å². The Hall–Kier alpha value is -1.62. The van der Waals surface area contributed by atoms with Crippen molar-refractivity contribution in [3.05, 3.63) is 12.7 Å². The number of amides is 1. The third-order valence-electron chi connectivity index (χ3n) is 3.84. The molecule has 0 saturated heterocycles. The van der Waals surface area contributed by atoms with Crippen molar-refractivity contribution in [3.63, 3.8) is 0 Å². The summed E-state index contributed by atoms with van der Waals surface area (Å²) < 4.78 is 56.6. The molecule has 0 aromatic rings. The first-order valence-electron chi connectivity index (χ1n) is 6.48. The molecule has 2 aliphatic carbocycles. The zero-order valence-electron chi connectivity index (χ0n) is 12.2. The average Bonchev–Trinajstić information content (AvgIpc) is 3.27. The van der Waals surface area contributed by atoms with Gasteiger partial charge in [0.25, 0.3) is 5.91 Å². The van der Waals surface area contributed by atoms with Crippen molar-refractivity contribution in [3.8, 4) is 0 Å². The van der Waals surface area contributed by atoms with Gasteiger partial charge in [-0.2, -0.15) is 13.2 Å². The van der Waals surface area contributed by atoms with Crippen LogP contribution in [0.1, 0.15) is 26.2 Å². The lowest BCUT2D eigenvalue weighted by Gasteiger charge is -2.15. The fourth-order valence-electron chi connectivity index (χ4n) is 1.64. The van der Waals surface area contributed by atoms with Crippen LogP contribution in [-0.4, -0.2) is 41.9 Å². The number of nitrogens with two attached hydrogens (primary N) is 1. The number of halogens is 3. The fraction of sp³-hybridized carbons (Fsp3) is 0.667. The molecule has 2 rings (SSSR count). The van der Waals surface area contributed by atoms with Gasteiger partial charge in [-0.05, 0) is 26.2 Å². The summed E-state index contributed by atoms with van der Waals surface area (Å²) >= 11 is 0. The van der Waals surface area contributed by atoms with Gasteiger partial charge in [0.1, 0.15) is 5.54 Å². The number of hydrogen-bond donors (Lipinski definition) is 3. The van der Waals surface area contributed by atoms with E-state index < -0.39 is 38.4 Å². The number of carbonyl (C=O) groups excluding carboxylic acids is 1. The smallest absolute Gasteiger partial charge is 0.475 e. The van der Waals surface area contributed by atoms with Crippen molar-refractivity contribution >= 4 is 21.9 Å². The van der Waals surface area contributed by atoms with Crippen molar-refractivity contribution in [2.24, 2.45) is 11.7 Å². The Morgan fingerprint density at radius 3 is 2.09 bits per heavy atom. The van der Waals surface area contributed by atoms with Crippen molar-refractivity contribution in [2.75, 3.05) is 0 Å². The molecule has 0 aromatic heterocycles. The SMILES string of the molecule is C=C[C@@H]1C[C@]1(N)C(=O)NS(=O)(=O)C1(C)CC1.O=C(O)C(F)(F)F. The molecule has 11 heteroatoms. The lowest BCUT2D eigenvalue weighted by molar-refractivity contribution is -0.192. The van der Waals surface area contributed by atoms with Gasteiger partial charge in [-0.1, -0.05) is 6.08 Å². The number of nitrogens with one attached hydrogen (secondary N) is 1. The number of sulfonamides is 1. The van der Waals surface area contributed by atoms with E-state index in [2.05, 4.69) is 11.3 Å². The molecule has 7 nitrogen and oxygen atoms in total. The van der Waals surface area contributed by atoms with Crippen molar-refractivity contribution < 1.29 is 36.3 Å². The van der Waals surface area contributed by atoms with Crippen LogP contribution in [0.25, 0.3) is 0 Å². The summed E-state index contributed by atoms with van der Waals surface area (Å²) in [5, 5.41) is 7.12. The molecule has 1 amide bonds.